The molecule has 0 unspecified atom stereocenters. The molecular formula is C18H27N3O3. The van der Waals surface area contributed by atoms with Gasteiger partial charge in [-0.3, -0.25) is 0 Å². The van der Waals surface area contributed by atoms with Gasteiger partial charge in [-0.1, -0.05) is 6.07 Å². The third kappa shape index (κ3) is 3.80. The lowest BCUT2D eigenvalue weighted by Gasteiger charge is -2.33. The fourth-order valence-corrected chi connectivity index (χ4v) is 3.34. The second-order valence-electron chi connectivity index (χ2n) is 7.35. The summed E-state index contributed by atoms with van der Waals surface area (Å²) in [5, 5.41) is 0. The van der Waals surface area contributed by atoms with Crippen molar-refractivity contribution in [3.05, 3.63) is 23.9 Å². The minimum absolute atomic E-state index is 0.0337. The quantitative estimate of drug-likeness (QED) is 0.833. The highest BCUT2D eigenvalue weighted by Crippen LogP contribution is 2.37. The highest BCUT2D eigenvalue weighted by atomic mass is 16.6. The van der Waals surface area contributed by atoms with Gasteiger partial charge in [0.1, 0.15) is 11.4 Å². The molecule has 3 rings (SSSR count). The Morgan fingerprint density at radius 3 is 2.75 bits per heavy atom. The molecule has 24 heavy (non-hydrogen) atoms. The van der Waals surface area contributed by atoms with Gasteiger partial charge in [0.05, 0.1) is 19.3 Å². The molecule has 1 aromatic rings. The number of aromatic nitrogens is 1. The van der Waals surface area contributed by atoms with E-state index in [1.807, 2.05) is 37.9 Å². The molecule has 0 N–H and O–H groups in total. The smallest absolute Gasteiger partial charge is 0.410 e. The van der Waals surface area contributed by atoms with Crippen molar-refractivity contribution in [1.82, 2.24) is 9.88 Å². The molecule has 1 atom stereocenters. The van der Waals surface area contributed by atoms with Crippen LogP contribution < -0.4 is 4.90 Å². The van der Waals surface area contributed by atoms with E-state index in [9.17, 15) is 4.79 Å². The molecule has 6 heteroatoms. The number of amides is 1. The molecule has 0 spiro atoms. The minimum atomic E-state index is -0.480. The van der Waals surface area contributed by atoms with Crippen LogP contribution in [0.4, 0.5) is 10.6 Å². The molecule has 0 aliphatic carbocycles. The molecule has 0 radical (unpaired) electrons. The largest absolute Gasteiger partial charge is 0.444 e. The summed E-state index contributed by atoms with van der Waals surface area (Å²) in [6.45, 7) is 9.55. The van der Waals surface area contributed by atoms with Crippen LogP contribution in [0, 0.1) is 0 Å². The standard InChI is InChI=1S/C18H27N3O3/c1-18(2,3)24-17(22)21-9-5-7-15(21)14-6-4-8-19-16(14)20-10-12-23-13-11-20/h4,6,8,15H,5,7,9-13H2,1-3H3/t15-/m1/s1. The van der Waals surface area contributed by atoms with E-state index in [-0.39, 0.29) is 12.1 Å². The van der Waals surface area contributed by atoms with Crippen LogP contribution in [0.1, 0.15) is 45.2 Å². The van der Waals surface area contributed by atoms with Gasteiger partial charge in [0.2, 0.25) is 0 Å². The summed E-state index contributed by atoms with van der Waals surface area (Å²) in [5.41, 5.74) is 0.634. The summed E-state index contributed by atoms with van der Waals surface area (Å²) in [5.74, 6) is 0.973. The first-order valence-electron chi connectivity index (χ1n) is 8.73. The zero-order valence-corrected chi connectivity index (χ0v) is 14.8. The Morgan fingerprint density at radius 2 is 2.04 bits per heavy atom. The Balaban J connectivity index is 1.83. The van der Waals surface area contributed by atoms with Crippen molar-refractivity contribution in [2.24, 2.45) is 0 Å². The van der Waals surface area contributed by atoms with E-state index in [2.05, 4.69) is 16.0 Å². The summed E-state index contributed by atoms with van der Waals surface area (Å²) in [6.07, 6.45) is 3.52. The summed E-state index contributed by atoms with van der Waals surface area (Å²) < 4.78 is 11.0. The van der Waals surface area contributed by atoms with E-state index >= 15 is 0 Å². The number of hydrogen-bond donors (Lipinski definition) is 0. The number of hydrogen-bond acceptors (Lipinski definition) is 5. The van der Waals surface area contributed by atoms with Crippen LogP contribution in [-0.2, 0) is 9.47 Å². The number of likely N-dealkylation sites (tertiary alicyclic amines) is 1. The third-order valence-corrected chi connectivity index (χ3v) is 4.37. The minimum Gasteiger partial charge on any atom is -0.444 e. The maximum atomic E-state index is 12.6. The van der Waals surface area contributed by atoms with Crippen LogP contribution in [0.2, 0.25) is 0 Å². The van der Waals surface area contributed by atoms with Crippen LogP contribution in [-0.4, -0.2) is 54.4 Å². The number of carbonyl (C=O) groups excluding carboxylic acids is 1. The lowest BCUT2D eigenvalue weighted by atomic mass is 10.0. The number of ether oxygens (including phenoxy) is 2. The molecule has 1 amide bonds. The fraction of sp³-hybridized carbons (Fsp3) is 0.667. The number of pyridine rings is 1. The van der Waals surface area contributed by atoms with Gasteiger partial charge in [-0.2, -0.15) is 0 Å². The molecule has 1 aromatic heterocycles. The zero-order chi connectivity index (χ0) is 17.2. The molecule has 6 nitrogen and oxygen atoms in total. The Labute approximate surface area is 143 Å². The monoisotopic (exact) mass is 333 g/mol. The number of anilines is 1. The molecule has 2 fully saturated rings. The van der Waals surface area contributed by atoms with E-state index in [0.717, 1.165) is 57.1 Å². The average molecular weight is 333 g/mol. The van der Waals surface area contributed by atoms with Gasteiger partial charge in [0.15, 0.2) is 0 Å². The van der Waals surface area contributed by atoms with Gasteiger partial charge in [0, 0.05) is 31.4 Å². The summed E-state index contributed by atoms with van der Waals surface area (Å²) in [6, 6.07) is 4.07. The Hall–Kier alpha value is -1.82. The first-order valence-corrected chi connectivity index (χ1v) is 8.73. The van der Waals surface area contributed by atoms with E-state index in [1.54, 1.807) is 0 Å². The Kier molecular flexibility index (Phi) is 4.94. The zero-order valence-electron chi connectivity index (χ0n) is 14.8. The van der Waals surface area contributed by atoms with E-state index in [1.165, 1.54) is 0 Å². The second kappa shape index (κ2) is 6.97. The highest BCUT2D eigenvalue weighted by Gasteiger charge is 2.35. The molecular weight excluding hydrogens is 306 g/mol. The first kappa shape index (κ1) is 17.0. The van der Waals surface area contributed by atoms with Crippen LogP contribution in [0.15, 0.2) is 18.3 Å². The predicted octanol–water partition coefficient (Wildman–Crippen LogP) is 2.99. The van der Waals surface area contributed by atoms with Crippen LogP contribution in [0.25, 0.3) is 0 Å². The van der Waals surface area contributed by atoms with Crippen LogP contribution in [0.3, 0.4) is 0 Å². The van der Waals surface area contributed by atoms with Crippen LogP contribution in [0.5, 0.6) is 0 Å². The molecule has 0 saturated carbocycles. The van der Waals surface area contributed by atoms with Crippen molar-refractivity contribution in [2.75, 3.05) is 37.7 Å². The topological polar surface area (TPSA) is 54.9 Å². The lowest BCUT2D eigenvalue weighted by Crippen LogP contribution is -2.39. The highest BCUT2D eigenvalue weighted by molar-refractivity contribution is 5.70. The van der Waals surface area contributed by atoms with Crippen molar-refractivity contribution in [3.8, 4) is 0 Å². The molecule has 2 aliphatic rings. The maximum Gasteiger partial charge on any atom is 0.410 e. The van der Waals surface area contributed by atoms with Crippen LogP contribution >= 0.6 is 0 Å². The van der Waals surface area contributed by atoms with Gasteiger partial charge in [-0.05, 0) is 39.7 Å². The van der Waals surface area contributed by atoms with Gasteiger partial charge in [0.25, 0.3) is 0 Å². The van der Waals surface area contributed by atoms with Crippen molar-refractivity contribution < 1.29 is 14.3 Å². The van der Waals surface area contributed by atoms with Gasteiger partial charge >= 0.3 is 6.09 Å². The number of carbonyl (C=O) groups is 1. The van der Waals surface area contributed by atoms with Crippen molar-refractivity contribution in [1.29, 1.82) is 0 Å². The second-order valence-corrected chi connectivity index (χ2v) is 7.35. The maximum absolute atomic E-state index is 12.6. The molecule has 2 aliphatic heterocycles. The Bertz CT molecular complexity index is 579. The Morgan fingerprint density at radius 1 is 1.29 bits per heavy atom. The third-order valence-electron chi connectivity index (χ3n) is 4.37. The number of rotatable bonds is 2. The SMILES string of the molecule is CC(C)(C)OC(=O)N1CCC[C@@H]1c1cccnc1N1CCOCC1. The number of nitrogens with zero attached hydrogens (tertiary/aromatic N) is 3. The molecule has 3 heterocycles. The average Bonchev–Trinajstić information content (AvgIpc) is 3.04. The van der Waals surface area contributed by atoms with Gasteiger partial charge in [-0.15, -0.1) is 0 Å². The molecule has 132 valence electrons. The normalized spacial score (nSPS) is 21.9. The lowest BCUT2D eigenvalue weighted by molar-refractivity contribution is 0.0224. The molecule has 0 bridgehead atoms. The first-order chi connectivity index (χ1) is 11.5. The number of morpholine rings is 1. The fourth-order valence-electron chi connectivity index (χ4n) is 3.34. The van der Waals surface area contributed by atoms with E-state index in [4.69, 9.17) is 9.47 Å². The van der Waals surface area contributed by atoms with Crippen molar-refractivity contribution in [2.45, 2.75) is 45.3 Å². The molecule has 0 aromatic carbocycles. The van der Waals surface area contributed by atoms with Gasteiger partial charge in [-0.25, -0.2) is 9.78 Å². The molecule has 2 saturated heterocycles. The van der Waals surface area contributed by atoms with E-state index < -0.39 is 5.60 Å². The summed E-state index contributed by atoms with van der Waals surface area (Å²) in [7, 11) is 0. The van der Waals surface area contributed by atoms with Crippen molar-refractivity contribution in [3.63, 3.8) is 0 Å². The summed E-state index contributed by atoms with van der Waals surface area (Å²) in [4.78, 5) is 21.3. The predicted molar refractivity (Wildman–Crippen MR) is 92.2 cm³/mol. The van der Waals surface area contributed by atoms with E-state index in [0.29, 0.717) is 0 Å². The van der Waals surface area contributed by atoms with Gasteiger partial charge < -0.3 is 19.3 Å². The summed E-state index contributed by atoms with van der Waals surface area (Å²) >= 11 is 0. The van der Waals surface area contributed by atoms with Crippen molar-refractivity contribution >= 4 is 11.9 Å².